The number of H-pyrrole nitrogens is 1. The summed E-state index contributed by atoms with van der Waals surface area (Å²) in [5.41, 5.74) is 6.19. The van der Waals surface area contributed by atoms with E-state index in [1.165, 1.54) is 0 Å². The van der Waals surface area contributed by atoms with Gasteiger partial charge in [0, 0.05) is 10.0 Å². The second-order valence-corrected chi connectivity index (χ2v) is 4.02. The third-order valence-electron chi connectivity index (χ3n) is 2.06. The highest BCUT2D eigenvalue weighted by Crippen LogP contribution is 2.32. The molecule has 0 bridgehead atoms. The fraction of sp³-hybridized carbons (Fsp3) is 0. The smallest absolute Gasteiger partial charge is 0.338 e. The predicted octanol–water partition coefficient (Wildman–Crippen LogP) is 2.33. The maximum atomic E-state index is 10.8. The molecule has 0 saturated carbocycles. The minimum atomic E-state index is -0.547. The Kier molecular flexibility index (Phi) is 2.61. The number of hydrogen-bond acceptors (Lipinski definition) is 4. The van der Waals surface area contributed by atoms with Crippen molar-refractivity contribution in [2.75, 3.05) is 5.73 Å². The van der Waals surface area contributed by atoms with Gasteiger partial charge in [-0.15, -0.1) is 0 Å². The molecule has 1 aromatic heterocycles. The molecule has 16 heavy (non-hydrogen) atoms. The van der Waals surface area contributed by atoms with Crippen LogP contribution in [0.4, 0.5) is 11.5 Å². The van der Waals surface area contributed by atoms with Gasteiger partial charge in [-0.05, 0) is 12.1 Å². The quantitative estimate of drug-likeness (QED) is 0.652. The SMILES string of the molecule is Nc1n[nH]c(-c2cccc(Br)c2)c1[N+](=O)[O-]. The van der Waals surface area contributed by atoms with Crippen LogP contribution in [-0.2, 0) is 0 Å². The number of nitrogen functional groups attached to an aromatic ring is 1. The fourth-order valence-electron chi connectivity index (χ4n) is 1.38. The molecule has 0 atom stereocenters. The summed E-state index contributed by atoms with van der Waals surface area (Å²) in [5, 5.41) is 17.0. The standard InChI is InChI=1S/C9H7BrN4O2/c10-6-3-1-2-5(4-6)7-8(14(15)16)9(11)13-12-7/h1-4H,(H3,11,12,13). The number of hydrogen-bond donors (Lipinski definition) is 2. The Balaban J connectivity index is 2.60. The summed E-state index contributed by atoms with van der Waals surface area (Å²) in [6.45, 7) is 0. The Hall–Kier alpha value is -1.89. The highest BCUT2D eigenvalue weighted by molar-refractivity contribution is 9.10. The van der Waals surface area contributed by atoms with Crippen molar-refractivity contribution in [2.45, 2.75) is 0 Å². The molecule has 0 unspecified atom stereocenters. The molecule has 7 heteroatoms. The fourth-order valence-corrected chi connectivity index (χ4v) is 1.78. The van der Waals surface area contributed by atoms with Gasteiger partial charge in [-0.25, -0.2) is 0 Å². The summed E-state index contributed by atoms with van der Waals surface area (Å²) in [5.74, 6) is -0.111. The van der Waals surface area contributed by atoms with Crippen LogP contribution in [0.5, 0.6) is 0 Å². The van der Waals surface area contributed by atoms with Crippen molar-refractivity contribution < 1.29 is 4.92 Å². The highest BCUT2D eigenvalue weighted by Gasteiger charge is 2.23. The number of nitrogens with two attached hydrogens (primary N) is 1. The van der Waals surface area contributed by atoms with Gasteiger partial charge in [0.2, 0.25) is 5.82 Å². The molecule has 6 nitrogen and oxygen atoms in total. The molecular formula is C9H7BrN4O2. The number of nitrogens with zero attached hydrogens (tertiary/aromatic N) is 2. The van der Waals surface area contributed by atoms with E-state index >= 15 is 0 Å². The van der Waals surface area contributed by atoms with Crippen LogP contribution in [0, 0.1) is 10.1 Å². The second kappa shape index (κ2) is 3.93. The molecule has 0 saturated heterocycles. The summed E-state index contributed by atoms with van der Waals surface area (Å²) < 4.78 is 0.826. The van der Waals surface area contributed by atoms with Crippen LogP contribution >= 0.6 is 15.9 Å². The van der Waals surface area contributed by atoms with Gasteiger partial charge in [-0.2, -0.15) is 5.10 Å². The Labute approximate surface area is 98.7 Å². The summed E-state index contributed by atoms with van der Waals surface area (Å²) >= 11 is 3.29. The number of anilines is 1. The van der Waals surface area contributed by atoms with Gasteiger partial charge in [0.15, 0.2) is 0 Å². The third-order valence-corrected chi connectivity index (χ3v) is 2.56. The van der Waals surface area contributed by atoms with E-state index in [2.05, 4.69) is 26.1 Å². The lowest BCUT2D eigenvalue weighted by Crippen LogP contribution is -1.94. The van der Waals surface area contributed by atoms with E-state index in [1.807, 2.05) is 6.07 Å². The summed E-state index contributed by atoms with van der Waals surface area (Å²) in [4.78, 5) is 10.3. The molecule has 0 amide bonds. The molecule has 0 fully saturated rings. The third kappa shape index (κ3) is 1.76. The molecule has 2 rings (SSSR count). The van der Waals surface area contributed by atoms with Crippen LogP contribution in [0.3, 0.4) is 0 Å². The maximum absolute atomic E-state index is 10.8. The first-order chi connectivity index (χ1) is 7.59. The molecule has 1 heterocycles. The van der Waals surface area contributed by atoms with Crippen LogP contribution in [0.1, 0.15) is 0 Å². The van der Waals surface area contributed by atoms with E-state index < -0.39 is 4.92 Å². The lowest BCUT2D eigenvalue weighted by molar-refractivity contribution is -0.383. The number of halogens is 1. The molecule has 0 aliphatic carbocycles. The van der Waals surface area contributed by atoms with Gasteiger partial charge in [-0.1, -0.05) is 28.1 Å². The van der Waals surface area contributed by atoms with Crippen molar-refractivity contribution >= 4 is 27.4 Å². The number of benzene rings is 1. The molecule has 0 radical (unpaired) electrons. The first-order valence-corrected chi connectivity index (χ1v) is 5.13. The monoisotopic (exact) mass is 282 g/mol. The average Bonchev–Trinajstić information content (AvgIpc) is 2.60. The predicted molar refractivity (Wildman–Crippen MR) is 62.8 cm³/mol. The summed E-state index contributed by atoms with van der Waals surface area (Å²) in [6, 6.07) is 7.10. The normalized spacial score (nSPS) is 10.3. The van der Waals surface area contributed by atoms with Gasteiger partial charge in [-0.3, -0.25) is 15.2 Å². The largest absolute Gasteiger partial charge is 0.376 e. The van der Waals surface area contributed by atoms with Crippen molar-refractivity contribution in [2.24, 2.45) is 0 Å². The molecule has 3 N–H and O–H groups in total. The zero-order chi connectivity index (χ0) is 11.7. The van der Waals surface area contributed by atoms with E-state index in [0.29, 0.717) is 11.3 Å². The van der Waals surface area contributed by atoms with Crippen molar-refractivity contribution in [1.29, 1.82) is 0 Å². The van der Waals surface area contributed by atoms with Crippen LogP contribution in [0.25, 0.3) is 11.3 Å². The van der Waals surface area contributed by atoms with Crippen molar-refractivity contribution in [3.63, 3.8) is 0 Å². The van der Waals surface area contributed by atoms with Crippen LogP contribution in [0.2, 0.25) is 0 Å². The Morgan fingerprint density at radius 2 is 2.25 bits per heavy atom. The Morgan fingerprint density at radius 3 is 2.88 bits per heavy atom. The number of nitrogens with one attached hydrogen (secondary N) is 1. The zero-order valence-corrected chi connectivity index (χ0v) is 9.56. The van der Waals surface area contributed by atoms with E-state index in [-0.39, 0.29) is 11.5 Å². The number of rotatable bonds is 2. The molecule has 0 aliphatic rings. The number of aromatic nitrogens is 2. The van der Waals surface area contributed by atoms with Gasteiger partial charge in [0.05, 0.1) is 4.92 Å². The maximum Gasteiger partial charge on any atom is 0.338 e. The first-order valence-electron chi connectivity index (χ1n) is 4.33. The van der Waals surface area contributed by atoms with Crippen molar-refractivity contribution in [3.05, 3.63) is 38.9 Å². The minimum Gasteiger partial charge on any atom is -0.376 e. The van der Waals surface area contributed by atoms with Gasteiger partial charge < -0.3 is 5.73 Å². The zero-order valence-electron chi connectivity index (χ0n) is 7.98. The minimum absolute atomic E-state index is 0.111. The number of aromatic amines is 1. The van der Waals surface area contributed by atoms with Gasteiger partial charge >= 0.3 is 5.69 Å². The van der Waals surface area contributed by atoms with Gasteiger partial charge in [0.25, 0.3) is 0 Å². The molecular weight excluding hydrogens is 276 g/mol. The first kappa shape index (κ1) is 10.6. The Bertz CT molecular complexity index is 552. The van der Waals surface area contributed by atoms with E-state index in [1.54, 1.807) is 18.2 Å². The lowest BCUT2D eigenvalue weighted by atomic mass is 10.1. The van der Waals surface area contributed by atoms with E-state index in [4.69, 9.17) is 5.73 Å². The topological polar surface area (TPSA) is 97.8 Å². The van der Waals surface area contributed by atoms with E-state index in [0.717, 1.165) is 4.47 Å². The van der Waals surface area contributed by atoms with Crippen LogP contribution in [-0.4, -0.2) is 15.1 Å². The van der Waals surface area contributed by atoms with Crippen molar-refractivity contribution in [3.8, 4) is 11.3 Å². The summed E-state index contributed by atoms with van der Waals surface area (Å²) in [7, 11) is 0. The summed E-state index contributed by atoms with van der Waals surface area (Å²) in [6.07, 6.45) is 0. The lowest BCUT2D eigenvalue weighted by Gasteiger charge is -1.98. The van der Waals surface area contributed by atoms with E-state index in [9.17, 15) is 10.1 Å². The van der Waals surface area contributed by atoms with Crippen LogP contribution in [0.15, 0.2) is 28.7 Å². The molecule has 0 spiro atoms. The molecule has 82 valence electrons. The second-order valence-electron chi connectivity index (χ2n) is 3.10. The number of nitro groups is 1. The van der Waals surface area contributed by atoms with Crippen LogP contribution < -0.4 is 5.73 Å². The molecule has 0 aliphatic heterocycles. The molecule has 2 aromatic rings. The van der Waals surface area contributed by atoms with Gasteiger partial charge in [0.1, 0.15) is 5.69 Å². The molecule has 1 aromatic carbocycles. The average molecular weight is 283 g/mol. The highest BCUT2D eigenvalue weighted by atomic mass is 79.9. The Morgan fingerprint density at radius 1 is 1.50 bits per heavy atom. The van der Waals surface area contributed by atoms with Crippen molar-refractivity contribution in [1.82, 2.24) is 10.2 Å².